The molecule has 1 aromatic heterocycles. The number of nitrogens with zero attached hydrogens (tertiary/aromatic N) is 3. The Kier molecular flexibility index (Phi) is 5.10. The Morgan fingerprint density at radius 1 is 1.08 bits per heavy atom. The van der Waals surface area contributed by atoms with Crippen LogP contribution in [0, 0.1) is 23.0 Å². The maximum absolute atomic E-state index is 14.0. The summed E-state index contributed by atoms with van der Waals surface area (Å²) >= 11 is 6.05. The van der Waals surface area contributed by atoms with E-state index in [1.807, 2.05) is 6.07 Å². The fraction of sp³-hybridized carbons (Fsp3) is 0.105. The summed E-state index contributed by atoms with van der Waals surface area (Å²) in [5.41, 5.74) is 1.48. The van der Waals surface area contributed by atoms with Gasteiger partial charge in [-0.1, -0.05) is 24.6 Å². The second kappa shape index (κ2) is 7.46. The van der Waals surface area contributed by atoms with Gasteiger partial charge in [-0.2, -0.15) is 5.26 Å². The third kappa shape index (κ3) is 3.79. The molecule has 1 N–H and O–H groups in total. The molecule has 0 aliphatic carbocycles. The molecule has 0 radical (unpaired) electrons. The quantitative estimate of drug-likeness (QED) is 0.643. The van der Waals surface area contributed by atoms with Gasteiger partial charge in [-0.25, -0.2) is 18.7 Å². The lowest BCUT2D eigenvalue weighted by Gasteiger charge is -2.15. The molecule has 7 heteroatoms. The van der Waals surface area contributed by atoms with Crippen molar-refractivity contribution >= 4 is 23.2 Å². The van der Waals surface area contributed by atoms with E-state index >= 15 is 0 Å². The second-order valence-electron chi connectivity index (χ2n) is 5.61. The van der Waals surface area contributed by atoms with Gasteiger partial charge in [-0.05, 0) is 42.5 Å². The van der Waals surface area contributed by atoms with E-state index in [2.05, 4.69) is 15.3 Å². The topological polar surface area (TPSA) is 61.6 Å². The third-order valence-corrected chi connectivity index (χ3v) is 4.05. The van der Waals surface area contributed by atoms with Crippen molar-refractivity contribution < 1.29 is 8.78 Å². The molecular formula is C19H13ClF2N4. The van der Waals surface area contributed by atoms with Gasteiger partial charge in [0, 0.05) is 17.2 Å². The van der Waals surface area contributed by atoms with Crippen molar-refractivity contribution in [1.29, 1.82) is 5.26 Å². The van der Waals surface area contributed by atoms with Crippen molar-refractivity contribution in [2.45, 2.75) is 12.8 Å². The van der Waals surface area contributed by atoms with E-state index in [4.69, 9.17) is 16.9 Å². The number of nitrogens with one attached hydrogen (secondary N) is 1. The van der Waals surface area contributed by atoms with Gasteiger partial charge in [0.25, 0.3) is 0 Å². The number of anilines is 2. The Labute approximate surface area is 154 Å². The van der Waals surface area contributed by atoms with Crippen LogP contribution in [-0.4, -0.2) is 9.97 Å². The number of rotatable bonds is 4. The first-order valence-corrected chi connectivity index (χ1v) is 8.11. The Balaban J connectivity index is 1.93. The molecule has 1 unspecified atom stereocenters. The zero-order chi connectivity index (χ0) is 18.7. The summed E-state index contributed by atoms with van der Waals surface area (Å²) in [6.45, 7) is 1.64. The molecule has 0 fully saturated rings. The zero-order valence-corrected chi connectivity index (χ0v) is 14.4. The highest BCUT2D eigenvalue weighted by atomic mass is 35.5. The van der Waals surface area contributed by atoms with Crippen LogP contribution in [0.2, 0.25) is 5.15 Å². The molecule has 0 saturated carbocycles. The number of aromatic nitrogens is 2. The third-order valence-electron chi connectivity index (χ3n) is 3.86. The molecular weight excluding hydrogens is 358 g/mol. The van der Waals surface area contributed by atoms with Crippen molar-refractivity contribution in [3.05, 3.63) is 82.1 Å². The molecule has 0 spiro atoms. The van der Waals surface area contributed by atoms with Gasteiger partial charge in [0.15, 0.2) is 0 Å². The molecule has 1 heterocycles. The highest BCUT2D eigenvalue weighted by Crippen LogP contribution is 2.29. The van der Waals surface area contributed by atoms with Gasteiger partial charge in [0.2, 0.25) is 5.95 Å². The largest absolute Gasteiger partial charge is 0.324 e. The average molecular weight is 371 g/mol. The van der Waals surface area contributed by atoms with Gasteiger partial charge in [-0.15, -0.1) is 0 Å². The predicted octanol–water partition coefficient (Wildman–Crippen LogP) is 5.18. The molecule has 0 aliphatic heterocycles. The fourth-order valence-electron chi connectivity index (χ4n) is 2.54. The van der Waals surface area contributed by atoms with Gasteiger partial charge >= 0.3 is 0 Å². The van der Waals surface area contributed by atoms with Crippen LogP contribution in [-0.2, 0) is 0 Å². The van der Waals surface area contributed by atoms with Crippen molar-refractivity contribution in [2.75, 3.05) is 5.32 Å². The summed E-state index contributed by atoms with van der Waals surface area (Å²) in [5, 5.41) is 11.9. The number of hydrogen-bond donors (Lipinski definition) is 1. The number of nitriles is 1. The van der Waals surface area contributed by atoms with Crippen LogP contribution in [0.4, 0.5) is 20.4 Å². The molecule has 0 amide bonds. The summed E-state index contributed by atoms with van der Waals surface area (Å²) in [7, 11) is 0. The minimum absolute atomic E-state index is 0.0772. The van der Waals surface area contributed by atoms with E-state index in [1.165, 1.54) is 24.3 Å². The Hall–Kier alpha value is -3.04. The average Bonchev–Trinajstić information content (AvgIpc) is 2.61. The van der Waals surface area contributed by atoms with Crippen molar-refractivity contribution in [3.63, 3.8) is 0 Å². The van der Waals surface area contributed by atoms with Crippen LogP contribution in [0.25, 0.3) is 0 Å². The molecule has 1 atom stereocenters. The van der Waals surface area contributed by atoms with Crippen LogP contribution in [0.15, 0.2) is 48.5 Å². The summed E-state index contributed by atoms with van der Waals surface area (Å²) in [6, 6.07) is 13.9. The SMILES string of the molecule is CC(c1cc(Cl)nc(Nc2ccc(C#N)cc2)n1)c1c(F)cccc1F. The van der Waals surface area contributed by atoms with Gasteiger partial charge in [-0.3, -0.25) is 0 Å². The van der Waals surface area contributed by atoms with E-state index in [-0.39, 0.29) is 16.7 Å². The van der Waals surface area contributed by atoms with Gasteiger partial charge in [0.05, 0.1) is 17.3 Å². The van der Waals surface area contributed by atoms with E-state index in [0.29, 0.717) is 16.9 Å². The maximum atomic E-state index is 14.0. The summed E-state index contributed by atoms with van der Waals surface area (Å²) in [6.07, 6.45) is 0. The van der Waals surface area contributed by atoms with Crippen LogP contribution in [0.5, 0.6) is 0 Å². The second-order valence-corrected chi connectivity index (χ2v) is 6.00. The van der Waals surface area contributed by atoms with Crippen LogP contribution >= 0.6 is 11.6 Å². The minimum atomic E-state index is -0.654. The Morgan fingerprint density at radius 3 is 2.35 bits per heavy atom. The van der Waals surface area contributed by atoms with Crippen LogP contribution in [0.1, 0.15) is 29.7 Å². The van der Waals surface area contributed by atoms with E-state index in [1.54, 1.807) is 31.2 Å². The monoisotopic (exact) mass is 370 g/mol. The molecule has 2 aromatic carbocycles. The normalized spacial score (nSPS) is 11.7. The van der Waals surface area contributed by atoms with Crippen molar-refractivity contribution in [3.8, 4) is 6.07 Å². The first-order valence-electron chi connectivity index (χ1n) is 7.73. The minimum Gasteiger partial charge on any atom is -0.324 e. The number of halogens is 3. The molecule has 26 heavy (non-hydrogen) atoms. The molecule has 130 valence electrons. The van der Waals surface area contributed by atoms with Crippen molar-refractivity contribution in [1.82, 2.24) is 9.97 Å². The lowest BCUT2D eigenvalue weighted by Crippen LogP contribution is -2.07. The first-order chi connectivity index (χ1) is 12.5. The lowest BCUT2D eigenvalue weighted by atomic mass is 9.96. The van der Waals surface area contributed by atoms with Gasteiger partial charge < -0.3 is 5.32 Å². The Morgan fingerprint density at radius 2 is 1.73 bits per heavy atom. The molecule has 0 saturated heterocycles. The standard InChI is InChI=1S/C19H13ClF2N4/c1-11(18-14(21)3-2-4-15(18)22)16-9-17(20)26-19(25-16)24-13-7-5-12(10-23)6-8-13/h2-9,11H,1H3,(H,24,25,26). The molecule has 0 bridgehead atoms. The maximum Gasteiger partial charge on any atom is 0.228 e. The van der Waals surface area contributed by atoms with Crippen molar-refractivity contribution in [2.24, 2.45) is 0 Å². The lowest BCUT2D eigenvalue weighted by molar-refractivity contribution is 0.545. The summed E-state index contributed by atoms with van der Waals surface area (Å²) < 4.78 is 28.1. The highest BCUT2D eigenvalue weighted by Gasteiger charge is 2.20. The highest BCUT2D eigenvalue weighted by molar-refractivity contribution is 6.29. The van der Waals surface area contributed by atoms with E-state index < -0.39 is 17.6 Å². The molecule has 3 rings (SSSR count). The Bertz CT molecular complexity index is 964. The van der Waals surface area contributed by atoms with E-state index in [9.17, 15) is 8.78 Å². The zero-order valence-electron chi connectivity index (χ0n) is 13.7. The predicted molar refractivity (Wildman–Crippen MR) is 95.4 cm³/mol. The molecule has 0 aliphatic rings. The van der Waals surface area contributed by atoms with Gasteiger partial charge in [0.1, 0.15) is 16.8 Å². The smallest absolute Gasteiger partial charge is 0.228 e. The number of benzene rings is 2. The van der Waals surface area contributed by atoms with Crippen LogP contribution in [0.3, 0.4) is 0 Å². The molecule has 3 aromatic rings. The first kappa shape index (κ1) is 17.8. The molecule has 4 nitrogen and oxygen atoms in total. The van der Waals surface area contributed by atoms with E-state index in [0.717, 1.165) is 0 Å². The van der Waals surface area contributed by atoms with Crippen LogP contribution < -0.4 is 5.32 Å². The fourth-order valence-corrected chi connectivity index (χ4v) is 2.73. The summed E-state index contributed by atoms with van der Waals surface area (Å²) in [4.78, 5) is 8.41. The summed E-state index contributed by atoms with van der Waals surface area (Å²) in [5.74, 6) is -1.75. The number of hydrogen-bond acceptors (Lipinski definition) is 4.